The van der Waals surface area contributed by atoms with E-state index >= 15 is 0 Å². The fourth-order valence-electron chi connectivity index (χ4n) is 2.31. The molecule has 0 fully saturated rings. The summed E-state index contributed by atoms with van der Waals surface area (Å²) in [5, 5.41) is 8.29. The summed E-state index contributed by atoms with van der Waals surface area (Å²) in [5.74, 6) is 0.921. The Morgan fingerprint density at radius 3 is 2.74 bits per heavy atom. The first kappa shape index (κ1) is 17.1. The zero-order valence-corrected chi connectivity index (χ0v) is 14.1. The normalized spacial score (nSPS) is 10.3. The number of nitrogen functional groups attached to an aromatic ring is 1. The molecule has 0 aliphatic rings. The molecule has 0 aliphatic heterocycles. The smallest absolute Gasteiger partial charge is 0.153 e. The van der Waals surface area contributed by atoms with Gasteiger partial charge in [-0.3, -0.25) is 4.79 Å². The van der Waals surface area contributed by atoms with Gasteiger partial charge in [0.05, 0.1) is 18.4 Å². The van der Waals surface area contributed by atoms with Gasteiger partial charge in [-0.05, 0) is 24.1 Å². The molecule has 0 radical (unpaired) electrons. The van der Waals surface area contributed by atoms with Gasteiger partial charge in [0.15, 0.2) is 6.29 Å². The molecule has 3 N–H and O–H groups in total. The zero-order chi connectivity index (χ0) is 16.8. The molecule has 0 atom stereocenters. The van der Waals surface area contributed by atoms with Crippen LogP contribution in [-0.2, 0) is 6.42 Å². The molecule has 0 amide bonds. The van der Waals surface area contributed by atoms with E-state index in [1.807, 2.05) is 12.1 Å². The molecule has 23 heavy (non-hydrogen) atoms. The Kier molecular flexibility index (Phi) is 5.82. The van der Waals surface area contributed by atoms with Crippen molar-refractivity contribution in [3.8, 4) is 5.75 Å². The van der Waals surface area contributed by atoms with E-state index in [-0.39, 0.29) is 0 Å². The zero-order valence-electron chi connectivity index (χ0n) is 13.3. The molecule has 2 aromatic carbocycles. The minimum Gasteiger partial charge on any atom is -0.496 e. The monoisotopic (exact) mass is 328 g/mol. The Labute approximate surface area is 140 Å². The van der Waals surface area contributed by atoms with Crippen LogP contribution in [0.4, 0.5) is 5.69 Å². The number of hydrogen-bond donors (Lipinski definition) is 2. The summed E-state index contributed by atoms with van der Waals surface area (Å²) < 4.78 is 5.12. The van der Waals surface area contributed by atoms with Gasteiger partial charge in [0.25, 0.3) is 0 Å². The number of methoxy groups -OCH3 is 1. The number of rotatable bonds is 7. The molecule has 0 bridgehead atoms. The van der Waals surface area contributed by atoms with Gasteiger partial charge in [-0.15, -0.1) is 11.8 Å². The lowest BCUT2D eigenvalue weighted by Gasteiger charge is -2.12. The molecule has 5 heteroatoms. The summed E-state index contributed by atoms with van der Waals surface area (Å²) in [7, 11) is 1.49. The molecule has 0 aromatic heterocycles. The Morgan fingerprint density at radius 1 is 1.35 bits per heavy atom. The molecule has 0 saturated heterocycles. The lowest BCUT2D eigenvalue weighted by Crippen LogP contribution is -2.08. The van der Waals surface area contributed by atoms with Crippen LogP contribution < -0.4 is 10.5 Å². The first-order valence-electron chi connectivity index (χ1n) is 7.31. The Bertz CT molecular complexity index is 729. The Balaban J connectivity index is 2.19. The van der Waals surface area contributed by atoms with Gasteiger partial charge >= 0.3 is 0 Å². The third-order valence-corrected chi connectivity index (χ3v) is 4.72. The van der Waals surface area contributed by atoms with Crippen molar-refractivity contribution in [2.24, 2.45) is 0 Å². The maximum atomic E-state index is 11.1. The molecule has 2 aromatic rings. The predicted octanol–water partition coefficient (Wildman–Crippen LogP) is 3.81. The van der Waals surface area contributed by atoms with Crippen LogP contribution in [0.5, 0.6) is 5.75 Å². The molecule has 0 aliphatic carbocycles. The lowest BCUT2D eigenvalue weighted by atomic mass is 10.0. The summed E-state index contributed by atoms with van der Waals surface area (Å²) in [5.41, 5.74) is 9.09. The quantitative estimate of drug-likeness (QED) is 0.351. The molecule has 0 spiro atoms. The number of nitrogens with one attached hydrogen (secondary N) is 1. The highest BCUT2D eigenvalue weighted by molar-refractivity contribution is 8.00. The van der Waals surface area contributed by atoms with Gasteiger partial charge in [0, 0.05) is 28.0 Å². The minimum absolute atomic E-state index is 0.393. The molecular weight excluding hydrogens is 308 g/mol. The van der Waals surface area contributed by atoms with Crippen LogP contribution in [0.3, 0.4) is 0 Å². The van der Waals surface area contributed by atoms with Gasteiger partial charge in [-0.2, -0.15) is 0 Å². The van der Waals surface area contributed by atoms with Crippen molar-refractivity contribution in [3.63, 3.8) is 0 Å². The van der Waals surface area contributed by atoms with E-state index < -0.39 is 0 Å². The molecule has 2 rings (SSSR count). The van der Waals surface area contributed by atoms with Crippen molar-refractivity contribution in [3.05, 3.63) is 53.1 Å². The van der Waals surface area contributed by atoms with Crippen LogP contribution in [0.25, 0.3) is 0 Å². The average molecular weight is 328 g/mol. The SMILES string of the molecule is CCc1ccccc1SCC(=N)c1cc(C=O)c(OC)cc1N. The van der Waals surface area contributed by atoms with Gasteiger partial charge in [-0.25, -0.2) is 0 Å². The highest BCUT2D eigenvalue weighted by Gasteiger charge is 2.13. The molecular formula is C18H20N2O2S. The standard InChI is InChI=1S/C18H20N2O2S/c1-3-12-6-4-5-7-18(12)23-11-16(20)14-8-13(10-21)17(22-2)9-15(14)19/h4-10,20H,3,11,19H2,1-2H3. The van der Waals surface area contributed by atoms with Crippen molar-refractivity contribution < 1.29 is 9.53 Å². The van der Waals surface area contributed by atoms with Crippen molar-refractivity contribution >= 4 is 29.4 Å². The second-order valence-corrected chi connectivity index (χ2v) is 6.04. The molecule has 120 valence electrons. The fraction of sp³-hybridized carbons (Fsp3) is 0.222. The largest absolute Gasteiger partial charge is 0.496 e. The fourth-order valence-corrected chi connectivity index (χ4v) is 3.33. The number of hydrogen-bond acceptors (Lipinski definition) is 5. The first-order valence-corrected chi connectivity index (χ1v) is 8.30. The van der Waals surface area contributed by atoms with E-state index in [2.05, 4.69) is 19.1 Å². The molecule has 0 unspecified atom stereocenters. The number of benzene rings is 2. The second kappa shape index (κ2) is 7.83. The van der Waals surface area contributed by atoms with E-state index in [9.17, 15) is 4.79 Å². The van der Waals surface area contributed by atoms with Gasteiger partial charge in [0.2, 0.25) is 0 Å². The number of aryl methyl sites for hydroxylation is 1. The summed E-state index contributed by atoms with van der Waals surface area (Å²) in [6, 6.07) is 11.4. The van der Waals surface area contributed by atoms with E-state index in [4.69, 9.17) is 15.9 Å². The van der Waals surface area contributed by atoms with Crippen LogP contribution in [-0.4, -0.2) is 24.9 Å². The average Bonchev–Trinajstić information content (AvgIpc) is 2.59. The third kappa shape index (κ3) is 3.93. The Morgan fingerprint density at radius 2 is 2.09 bits per heavy atom. The predicted molar refractivity (Wildman–Crippen MR) is 96.2 cm³/mol. The van der Waals surface area contributed by atoms with Crippen LogP contribution in [0.1, 0.15) is 28.4 Å². The van der Waals surface area contributed by atoms with Crippen molar-refractivity contribution in [1.29, 1.82) is 5.41 Å². The molecule has 0 heterocycles. The van der Waals surface area contributed by atoms with Gasteiger partial charge in [0.1, 0.15) is 5.75 Å². The van der Waals surface area contributed by atoms with Crippen LogP contribution in [0.2, 0.25) is 0 Å². The number of ether oxygens (including phenoxy) is 1. The van der Waals surface area contributed by atoms with Crippen LogP contribution in [0.15, 0.2) is 41.3 Å². The topological polar surface area (TPSA) is 76.2 Å². The van der Waals surface area contributed by atoms with Crippen LogP contribution >= 0.6 is 11.8 Å². The number of anilines is 1. The summed E-state index contributed by atoms with van der Waals surface area (Å²) in [6.45, 7) is 2.11. The third-order valence-electron chi connectivity index (χ3n) is 3.58. The van der Waals surface area contributed by atoms with Crippen molar-refractivity contribution in [2.45, 2.75) is 18.2 Å². The van der Waals surface area contributed by atoms with E-state index in [0.717, 1.165) is 6.42 Å². The second-order valence-electron chi connectivity index (χ2n) is 5.03. The summed E-state index contributed by atoms with van der Waals surface area (Å²) in [4.78, 5) is 12.3. The van der Waals surface area contributed by atoms with Gasteiger partial charge in [-0.1, -0.05) is 25.1 Å². The molecule has 4 nitrogen and oxygen atoms in total. The summed E-state index contributed by atoms with van der Waals surface area (Å²) >= 11 is 1.61. The van der Waals surface area contributed by atoms with E-state index in [1.54, 1.807) is 23.9 Å². The lowest BCUT2D eigenvalue weighted by molar-refractivity contribution is 0.112. The van der Waals surface area contributed by atoms with E-state index in [1.165, 1.54) is 17.6 Å². The highest BCUT2D eigenvalue weighted by atomic mass is 32.2. The van der Waals surface area contributed by atoms with E-state index in [0.29, 0.717) is 40.3 Å². The number of nitrogens with two attached hydrogens (primary N) is 1. The number of aldehydes is 1. The van der Waals surface area contributed by atoms with Gasteiger partial charge < -0.3 is 15.9 Å². The maximum absolute atomic E-state index is 11.1. The first-order chi connectivity index (χ1) is 11.1. The minimum atomic E-state index is 0.393. The molecule has 0 saturated carbocycles. The highest BCUT2D eigenvalue weighted by Crippen LogP contribution is 2.28. The summed E-state index contributed by atoms with van der Waals surface area (Å²) in [6.07, 6.45) is 1.67. The number of carbonyl (C=O) groups excluding carboxylic acids is 1. The van der Waals surface area contributed by atoms with Crippen molar-refractivity contribution in [1.82, 2.24) is 0 Å². The van der Waals surface area contributed by atoms with Crippen molar-refractivity contribution in [2.75, 3.05) is 18.6 Å². The van der Waals surface area contributed by atoms with Crippen LogP contribution in [0, 0.1) is 5.41 Å². The number of thioether (sulfide) groups is 1. The maximum Gasteiger partial charge on any atom is 0.153 e. The Hall–Kier alpha value is -2.27. The number of carbonyl (C=O) groups is 1.